The summed E-state index contributed by atoms with van der Waals surface area (Å²) in [7, 11) is 0. The molecule has 1 N–H and O–H groups in total. The van der Waals surface area contributed by atoms with Crippen molar-refractivity contribution in [2.24, 2.45) is 0 Å². The Labute approximate surface area is 133 Å². The molecule has 0 aliphatic rings. The summed E-state index contributed by atoms with van der Waals surface area (Å²) in [6.45, 7) is 7.31. The van der Waals surface area contributed by atoms with Gasteiger partial charge in [-0.1, -0.05) is 26.7 Å². The first-order chi connectivity index (χ1) is 10.6. The highest BCUT2D eigenvalue weighted by molar-refractivity contribution is 5.94. The Balaban J connectivity index is 2.48. The molecule has 0 spiro atoms. The first-order valence-electron chi connectivity index (χ1n) is 8.20. The van der Waals surface area contributed by atoms with Crippen LogP contribution < -0.4 is 5.32 Å². The minimum absolute atomic E-state index is 0.00407. The highest BCUT2D eigenvalue weighted by Crippen LogP contribution is 2.12. The minimum atomic E-state index is -0.0816. The number of rotatable bonds is 10. The van der Waals surface area contributed by atoms with Crippen LogP contribution in [-0.2, 0) is 4.79 Å². The molecule has 0 bridgehead atoms. The predicted octanol–water partition coefficient (Wildman–Crippen LogP) is 3.22. The van der Waals surface area contributed by atoms with E-state index in [0.717, 1.165) is 25.7 Å². The maximum absolute atomic E-state index is 12.5. The number of hydrogen-bond acceptors (Lipinski definition) is 3. The van der Waals surface area contributed by atoms with Gasteiger partial charge in [-0.15, -0.1) is 0 Å². The molecule has 1 aromatic heterocycles. The lowest BCUT2D eigenvalue weighted by Crippen LogP contribution is -2.40. The molecular formula is C17H28N2O3. The van der Waals surface area contributed by atoms with Crippen molar-refractivity contribution in [2.75, 3.05) is 13.1 Å². The zero-order valence-corrected chi connectivity index (χ0v) is 13.9. The second-order valence-corrected chi connectivity index (χ2v) is 5.57. The molecule has 2 amide bonds. The van der Waals surface area contributed by atoms with Crippen LogP contribution in [0.25, 0.3) is 0 Å². The molecule has 0 aliphatic carbocycles. The van der Waals surface area contributed by atoms with Gasteiger partial charge in [-0.3, -0.25) is 9.59 Å². The first kappa shape index (κ1) is 18.3. The van der Waals surface area contributed by atoms with Crippen LogP contribution >= 0.6 is 0 Å². The molecule has 0 aromatic carbocycles. The van der Waals surface area contributed by atoms with Gasteiger partial charge in [0.1, 0.15) is 6.26 Å². The summed E-state index contributed by atoms with van der Waals surface area (Å²) < 4.78 is 4.97. The zero-order chi connectivity index (χ0) is 16.4. The van der Waals surface area contributed by atoms with E-state index in [4.69, 9.17) is 4.42 Å². The molecule has 0 radical (unpaired) electrons. The number of nitrogens with one attached hydrogen (secondary N) is 1. The highest BCUT2D eigenvalue weighted by atomic mass is 16.3. The second-order valence-electron chi connectivity index (χ2n) is 5.57. The van der Waals surface area contributed by atoms with E-state index >= 15 is 0 Å². The quantitative estimate of drug-likeness (QED) is 0.675. The van der Waals surface area contributed by atoms with Crippen molar-refractivity contribution in [3.8, 4) is 0 Å². The molecule has 0 aliphatic heterocycles. The van der Waals surface area contributed by atoms with Gasteiger partial charge in [0.05, 0.1) is 11.8 Å². The van der Waals surface area contributed by atoms with Crippen LogP contribution in [0.1, 0.15) is 63.2 Å². The Morgan fingerprint density at radius 2 is 2.09 bits per heavy atom. The molecular weight excluding hydrogens is 280 g/mol. The Kier molecular flexibility index (Phi) is 8.33. The summed E-state index contributed by atoms with van der Waals surface area (Å²) in [5, 5.41) is 2.91. The number of unbranched alkanes of at least 4 members (excludes halogenated alkanes) is 2. The molecule has 0 fully saturated rings. The van der Waals surface area contributed by atoms with Crippen molar-refractivity contribution in [1.82, 2.24) is 10.2 Å². The standard InChI is InChI=1S/C17H28N2O3/c1-4-6-7-10-18-16(20)8-11-19(14(3)5-2)17(21)15-9-12-22-13-15/h9,12-14H,4-8,10-11H2,1-3H3,(H,18,20)/t14-/m1/s1. The van der Waals surface area contributed by atoms with E-state index in [0.29, 0.717) is 25.1 Å². The fourth-order valence-corrected chi connectivity index (χ4v) is 2.21. The number of carbonyl (C=O) groups is 2. The smallest absolute Gasteiger partial charge is 0.257 e. The summed E-state index contributed by atoms with van der Waals surface area (Å²) in [5.74, 6) is -0.0775. The van der Waals surface area contributed by atoms with Gasteiger partial charge in [-0.2, -0.15) is 0 Å². The van der Waals surface area contributed by atoms with Gasteiger partial charge >= 0.3 is 0 Å². The molecule has 0 saturated heterocycles. The van der Waals surface area contributed by atoms with E-state index in [9.17, 15) is 9.59 Å². The minimum Gasteiger partial charge on any atom is -0.472 e. The lowest BCUT2D eigenvalue weighted by molar-refractivity contribution is -0.121. The van der Waals surface area contributed by atoms with Gasteiger partial charge < -0.3 is 14.6 Å². The van der Waals surface area contributed by atoms with Crippen molar-refractivity contribution >= 4 is 11.8 Å². The average Bonchev–Trinajstić information content (AvgIpc) is 3.05. The number of nitrogens with zero attached hydrogens (tertiary/aromatic N) is 1. The van der Waals surface area contributed by atoms with Crippen molar-refractivity contribution in [3.05, 3.63) is 24.2 Å². The molecule has 1 rings (SSSR count). The molecule has 22 heavy (non-hydrogen) atoms. The Morgan fingerprint density at radius 1 is 1.32 bits per heavy atom. The third kappa shape index (κ3) is 5.92. The lowest BCUT2D eigenvalue weighted by atomic mass is 10.1. The number of carbonyl (C=O) groups excluding carboxylic acids is 2. The number of amides is 2. The largest absolute Gasteiger partial charge is 0.472 e. The van der Waals surface area contributed by atoms with Gasteiger partial charge in [-0.05, 0) is 25.8 Å². The van der Waals surface area contributed by atoms with Crippen LogP contribution in [0.5, 0.6) is 0 Å². The zero-order valence-electron chi connectivity index (χ0n) is 13.9. The van der Waals surface area contributed by atoms with E-state index in [1.807, 2.05) is 13.8 Å². The highest BCUT2D eigenvalue weighted by Gasteiger charge is 2.21. The van der Waals surface area contributed by atoms with E-state index in [1.54, 1.807) is 11.0 Å². The number of furan rings is 1. The van der Waals surface area contributed by atoms with Crippen molar-refractivity contribution in [2.45, 2.75) is 58.9 Å². The number of hydrogen-bond donors (Lipinski definition) is 1. The normalized spacial score (nSPS) is 12.0. The van der Waals surface area contributed by atoms with Crippen molar-refractivity contribution in [3.63, 3.8) is 0 Å². The average molecular weight is 308 g/mol. The monoisotopic (exact) mass is 308 g/mol. The maximum atomic E-state index is 12.5. The summed E-state index contributed by atoms with van der Waals surface area (Å²) in [5.41, 5.74) is 0.531. The summed E-state index contributed by atoms with van der Waals surface area (Å²) in [6.07, 6.45) is 7.38. The van der Waals surface area contributed by atoms with Crippen LogP contribution in [0.4, 0.5) is 0 Å². The van der Waals surface area contributed by atoms with Gasteiger partial charge in [0.25, 0.3) is 5.91 Å². The molecule has 5 nitrogen and oxygen atoms in total. The van der Waals surface area contributed by atoms with E-state index < -0.39 is 0 Å². The topological polar surface area (TPSA) is 62.6 Å². The van der Waals surface area contributed by atoms with Crippen LogP contribution in [0, 0.1) is 0 Å². The van der Waals surface area contributed by atoms with E-state index in [-0.39, 0.29) is 17.9 Å². The molecule has 1 atom stereocenters. The maximum Gasteiger partial charge on any atom is 0.257 e. The summed E-state index contributed by atoms with van der Waals surface area (Å²) in [6, 6.07) is 1.75. The Hall–Kier alpha value is -1.78. The third-order valence-corrected chi connectivity index (χ3v) is 3.83. The van der Waals surface area contributed by atoms with Crippen molar-refractivity contribution in [1.29, 1.82) is 0 Å². The third-order valence-electron chi connectivity index (χ3n) is 3.83. The predicted molar refractivity (Wildman–Crippen MR) is 86.6 cm³/mol. The fraction of sp³-hybridized carbons (Fsp3) is 0.647. The van der Waals surface area contributed by atoms with Crippen LogP contribution in [-0.4, -0.2) is 35.8 Å². The van der Waals surface area contributed by atoms with Crippen LogP contribution in [0.3, 0.4) is 0 Å². The Bertz CT molecular complexity index is 443. The fourth-order valence-electron chi connectivity index (χ4n) is 2.21. The van der Waals surface area contributed by atoms with Gasteiger partial charge in [0, 0.05) is 25.6 Å². The van der Waals surface area contributed by atoms with Crippen LogP contribution in [0.15, 0.2) is 23.0 Å². The molecule has 1 aromatic rings. The SMILES string of the molecule is CCCCCNC(=O)CCN(C(=O)c1ccoc1)[C@H](C)CC. The van der Waals surface area contributed by atoms with E-state index in [2.05, 4.69) is 12.2 Å². The first-order valence-corrected chi connectivity index (χ1v) is 8.20. The van der Waals surface area contributed by atoms with E-state index in [1.165, 1.54) is 12.5 Å². The molecule has 0 unspecified atom stereocenters. The molecule has 0 saturated carbocycles. The van der Waals surface area contributed by atoms with Gasteiger partial charge in [0.15, 0.2) is 0 Å². The van der Waals surface area contributed by atoms with Gasteiger partial charge in [-0.25, -0.2) is 0 Å². The second kappa shape index (κ2) is 10.0. The van der Waals surface area contributed by atoms with Gasteiger partial charge in [0.2, 0.25) is 5.91 Å². The molecule has 124 valence electrons. The van der Waals surface area contributed by atoms with Crippen molar-refractivity contribution < 1.29 is 14.0 Å². The Morgan fingerprint density at radius 3 is 2.68 bits per heavy atom. The molecule has 5 heteroatoms. The summed E-state index contributed by atoms with van der Waals surface area (Å²) in [4.78, 5) is 26.1. The lowest BCUT2D eigenvalue weighted by Gasteiger charge is -2.28. The van der Waals surface area contributed by atoms with Crippen LogP contribution in [0.2, 0.25) is 0 Å². The molecule has 1 heterocycles. The summed E-state index contributed by atoms with van der Waals surface area (Å²) >= 11 is 0.